The molecule has 10 heteroatoms. The third-order valence-electron chi connectivity index (χ3n) is 5.97. The van der Waals surface area contributed by atoms with Crippen molar-refractivity contribution in [1.29, 1.82) is 5.26 Å². The first kappa shape index (κ1) is 25.4. The molecule has 2 aromatic carbocycles. The van der Waals surface area contributed by atoms with Crippen LogP contribution >= 0.6 is 0 Å². The van der Waals surface area contributed by atoms with E-state index in [1.54, 1.807) is 38.1 Å². The minimum atomic E-state index is -1.02. The molecule has 2 heterocycles. The molecule has 1 aliphatic heterocycles. The molecule has 37 heavy (non-hydrogen) atoms. The first-order valence-electron chi connectivity index (χ1n) is 11.5. The van der Waals surface area contributed by atoms with E-state index in [1.165, 1.54) is 23.1 Å². The van der Waals surface area contributed by atoms with Crippen LogP contribution in [0.4, 0.5) is 20.3 Å². The van der Waals surface area contributed by atoms with Crippen LogP contribution in [0.5, 0.6) is 5.75 Å². The summed E-state index contributed by atoms with van der Waals surface area (Å²) >= 11 is 0. The van der Waals surface area contributed by atoms with Gasteiger partial charge in [0.1, 0.15) is 23.9 Å². The summed E-state index contributed by atoms with van der Waals surface area (Å²) in [5.41, 5.74) is 3.52. The third kappa shape index (κ3) is 5.16. The maximum absolute atomic E-state index is 13.9. The van der Waals surface area contributed by atoms with Crippen LogP contribution < -0.4 is 9.64 Å². The van der Waals surface area contributed by atoms with E-state index in [4.69, 9.17) is 4.74 Å². The van der Waals surface area contributed by atoms with Gasteiger partial charge in [-0.25, -0.2) is 4.39 Å². The van der Waals surface area contributed by atoms with Crippen LogP contribution in [0, 0.1) is 33.2 Å². The van der Waals surface area contributed by atoms with Crippen molar-refractivity contribution in [2.75, 3.05) is 4.90 Å². The molecule has 0 aliphatic carbocycles. The Labute approximate surface area is 211 Å². The number of rotatable bonds is 6. The molecule has 0 bridgehead atoms. The fourth-order valence-corrected chi connectivity index (χ4v) is 4.29. The van der Waals surface area contributed by atoms with Crippen molar-refractivity contribution >= 4 is 23.0 Å². The first-order chi connectivity index (χ1) is 17.7. The quantitative estimate of drug-likeness (QED) is 0.181. The summed E-state index contributed by atoms with van der Waals surface area (Å²) in [6.45, 7) is 3.50. The van der Waals surface area contributed by atoms with Crippen LogP contribution in [0.3, 0.4) is 0 Å². The van der Waals surface area contributed by atoms with E-state index in [-0.39, 0.29) is 31.2 Å². The molecule has 188 valence electrons. The maximum atomic E-state index is 13.9. The monoisotopic (exact) mass is 504 g/mol. The number of aromatic nitrogens is 1. The van der Waals surface area contributed by atoms with Gasteiger partial charge in [0.2, 0.25) is 5.91 Å². The highest BCUT2D eigenvalue weighted by atomic mass is 19.1. The van der Waals surface area contributed by atoms with Gasteiger partial charge in [-0.15, -0.1) is 0 Å². The molecule has 0 spiro atoms. The van der Waals surface area contributed by atoms with Crippen LogP contribution in [-0.4, -0.2) is 15.8 Å². The summed E-state index contributed by atoms with van der Waals surface area (Å²) in [5.74, 6) is -2.33. The molecular weight excluding hydrogens is 482 g/mol. The average molecular weight is 504 g/mol. The minimum absolute atomic E-state index is 0.0435. The molecule has 0 radical (unpaired) electrons. The van der Waals surface area contributed by atoms with Crippen molar-refractivity contribution in [2.45, 2.75) is 39.8 Å². The number of carbonyl (C=O) groups is 1. The summed E-state index contributed by atoms with van der Waals surface area (Å²) in [5, 5.41) is 21.2. The minimum Gasteiger partial charge on any atom is -0.488 e. The standard InChI is InChI=1S/C27H22F2N4O4/c1-3-4-25(34)32(22-9-10-24(29)31-27(22)33(35)36)14-17-5-7-20-18(11-17)15-37-23-12-19(28)6-8-21(23)26(20)16(2)13-30/h5-12H,3-4,14-15H2,1-2H3/b26-16+. The summed E-state index contributed by atoms with van der Waals surface area (Å²) in [6, 6.07) is 13.7. The molecule has 8 nitrogen and oxygen atoms in total. The smallest absolute Gasteiger partial charge is 0.390 e. The van der Waals surface area contributed by atoms with Crippen molar-refractivity contribution in [2.24, 2.45) is 0 Å². The van der Waals surface area contributed by atoms with Gasteiger partial charge in [-0.3, -0.25) is 4.79 Å². The first-order valence-corrected chi connectivity index (χ1v) is 11.5. The number of nitrogens with zero attached hydrogens (tertiary/aromatic N) is 4. The number of benzene rings is 2. The molecule has 0 saturated heterocycles. The maximum Gasteiger partial charge on any atom is 0.390 e. The number of amides is 1. The highest BCUT2D eigenvalue weighted by molar-refractivity contribution is 5.95. The normalized spacial score (nSPS) is 13.4. The van der Waals surface area contributed by atoms with Crippen molar-refractivity contribution < 1.29 is 23.2 Å². The zero-order valence-electron chi connectivity index (χ0n) is 20.1. The molecular formula is C27H22F2N4O4. The summed E-state index contributed by atoms with van der Waals surface area (Å²) in [7, 11) is 0. The van der Waals surface area contributed by atoms with Crippen LogP contribution in [0.25, 0.3) is 5.57 Å². The Hall–Kier alpha value is -4.65. The molecule has 3 aromatic rings. The number of carbonyl (C=O) groups excluding carboxylic acids is 1. The van der Waals surface area contributed by atoms with Gasteiger partial charge in [0.15, 0.2) is 0 Å². The second kappa shape index (κ2) is 10.5. The Bertz CT molecular complexity index is 1480. The number of hydrogen-bond donors (Lipinski definition) is 0. The lowest BCUT2D eigenvalue weighted by Gasteiger charge is -2.23. The average Bonchev–Trinajstić information content (AvgIpc) is 3.03. The van der Waals surface area contributed by atoms with Gasteiger partial charge >= 0.3 is 11.8 Å². The van der Waals surface area contributed by atoms with Gasteiger partial charge in [-0.05, 0) is 64.2 Å². The summed E-state index contributed by atoms with van der Waals surface area (Å²) in [6.07, 6.45) is 0.629. The highest BCUT2D eigenvalue weighted by Gasteiger charge is 2.28. The number of fused-ring (bicyclic) bond motifs is 2. The molecule has 1 amide bonds. The predicted octanol–water partition coefficient (Wildman–Crippen LogP) is 5.84. The van der Waals surface area contributed by atoms with Crippen molar-refractivity contribution in [3.8, 4) is 11.8 Å². The van der Waals surface area contributed by atoms with E-state index in [0.717, 1.165) is 6.07 Å². The predicted molar refractivity (Wildman–Crippen MR) is 131 cm³/mol. The van der Waals surface area contributed by atoms with E-state index in [1.807, 2.05) is 0 Å². The van der Waals surface area contributed by atoms with Crippen LogP contribution in [0.1, 0.15) is 48.9 Å². The van der Waals surface area contributed by atoms with E-state index in [9.17, 15) is 29.0 Å². The number of pyridine rings is 1. The van der Waals surface area contributed by atoms with E-state index >= 15 is 0 Å². The molecule has 0 fully saturated rings. The lowest BCUT2D eigenvalue weighted by molar-refractivity contribution is -0.389. The zero-order chi connectivity index (χ0) is 26.7. The number of nitriles is 1. The molecule has 1 aliphatic rings. The van der Waals surface area contributed by atoms with Gasteiger partial charge in [-0.2, -0.15) is 9.65 Å². The SMILES string of the molecule is CCCC(=O)N(Cc1ccc2c(c1)COc1cc(F)ccc1/C2=C(\C)C#N)c1ccc(F)nc1[N+](=O)[O-]. The Balaban J connectivity index is 1.79. The fraction of sp³-hybridized carbons (Fsp3) is 0.222. The molecule has 0 atom stereocenters. The lowest BCUT2D eigenvalue weighted by atomic mass is 9.90. The number of ether oxygens (including phenoxy) is 1. The van der Waals surface area contributed by atoms with Crippen molar-refractivity contribution in [3.63, 3.8) is 0 Å². The van der Waals surface area contributed by atoms with Gasteiger partial charge < -0.3 is 19.8 Å². The number of anilines is 1. The van der Waals surface area contributed by atoms with Gasteiger partial charge in [0.05, 0.1) is 12.6 Å². The second-order valence-electron chi connectivity index (χ2n) is 8.50. The Morgan fingerprint density at radius 1 is 1.19 bits per heavy atom. The Kier molecular flexibility index (Phi) is 7.25. The van der Waals surface area contributed by atoms with Gasteiger partial charge in [-0.1, -0.05) is 19.1 Å². The fourth-order valence-electron chi connectivity index (χ4n) is 4.29. The molecule has 0 N–H and O–H groups in total. The molecule has 0 unspecified atom stereocenters. The zero-order valence-corrected chi connectivity index (χ0v) is 20.1. The van der Waals surface area contributed by atoms with Gasteiger partial charge in [0.25, 0.3) is 0 Å². The number of halogens is 2. The van der Waals surface area contributed by atoms with Crippen molar-refractivity contribution in [3.05, 3.63) is 98.2 Å². The Morgan fingerprint density at radius 3 is 2.65 bits per heavy atom. The Morgan fingerprint density at radius 2 is 1.95 bits per heavy atom. The summed E-state index contributed by atoms with van der Waals surface area (Å²) < 4.78 is 33.4. The number of allylic oxidation sites excluding steroid dienone is 1. The molecule has 1 aromatic heterocycles. The lowest BCUT2D eigenvalue weighted by Crippen LogP contribution is -2.31. The second-order valence-corrected chi connectivity index (χ2v) is 8.50. The molecule has 0 saturated carbocycles. The summed E-state index contributed by atoms with van der Waals surface area (Å²) in [4.78, 5) is 28.3. The van der Waals surface area contributed by atoms with E-state index < -0.39 is 22.5 Å². The van der Waals surface area contributed by atoms with Crippen molar-refractivity contribution in [1.82, 2.24) is 4.98 Å². The molecule has 4 rings (SSSR count). The van der Waals surface area contributed by atoms with Crippen LogP contribution in [0.15, 0.2) is 54.1 Å². The number of nitro groups is 1. The van der Waals surface area contributed by atoms with E-state index in [0.29, 0.717) is 45.6 Å². The number of hydrogen-bond acceptors (Lipinski definition) is 6. The topological polar surface area (TPSA) is 109 Å². The largest absolute Gasteiger partial charge is 0.488 e. The third-order valence-corrected chi connectivity index (χ3v) is 5.97. The van der Waals surface area contributed by atoms with Crippen LogP contribution in [-0.2, 0) is 17.9 Å². The highest BCUT2D eigenvalue weighted by Crippen LogP contribution is 2.39. The van der Waals surface area contributed by atoms with E-state index in [2.05, 4.69) is 11.1 Å². The van der Waals surface area contributed by atoms with Crippen LogP contribution in [0.2, 0.25) is 0 Å². The van der Waals surface area contributed by atoms with Gasteiger partial charge in [0, 0.05) is 35.3 Å².